The number of aldehydes is 1. The molecule has 5 heteroatoms. The minimum atomic E-state index is 0.0820. The van der Waals surface area contributed by atoms with Crippen LogP contribution < -0.4 is 0 Å². The highest BCUT2D eigenvalue weighted by molar-refractivity contribution is 14.1. The minimum Gasteiger partial charge on any atom is -0.297 e. The van der Waals surface area contributed by atoms with Crippen molar-refractivity contribution in [1.29, 1.82) is 0 Å². The van der Waals surface area contributed by atoms with Gasteiger partial charge in [-0.05, 0) is 41.3 Å². The van der Waals surface area contributed by atoms with Crippen molar-refractivity contribution in [1.82, 2.24) is 0 Å². The molecule has 0 aliphatic carbocycles. The average Bonchev–Trinajstić information content (AvgIpc) is 2.31. The zero-order valence-electron chi connectivity index (χ0n) is 6.09. The van der Waals surface area contributed by atoms with E-state index < -0.39 is 0 Å². The number of allylic oxidation sites excluding steroid dienone is 1. The molecule has 1 heterocycles. The van der Waals surface area contributed by atoms with E-state index in [1.54, 1.807) is 33.3 Å². The predicted molar refractivity (Wildman–Crippen MR) is 64.2 cm³/mol. The van der Waals surface area contributed by atoms with Gasteiger partial charge in [-0.2, -0.15) is 0 Å². The number of thioether (sulfide) groups is 1. The van der Waals surface area contributed by atoms with Gasteiger partial charge in [-0.25, -0.2) is 0 Å². The van der Waals surface area contributed by atoms with Crippen molar-refractivity contribution in [2.45, 2.75) is 9.01 Å². The van der Waals surface area contributed by atoms with E-state index in [9.17, 15) is 4.79 Å². The van der Waals surface area contributed by atoms with E-state index in [0.717, 1.165) is 11.2 Å². The Balaban J connectivity index is 2.92. The molecule has 1 aliphatic rings. The summed E-state index contributed by atoms with van der Waals surface area (Å²) in [4.78, 5) is 11.4. The summed E-state index contributed by atoms with van der Waals surface area (Å²) in [6, 6.07) is 0. The molecule has 1 nitrogen and oxygen atoms in total. The van der Waals surface area contributed by atoms with Gasteiger partial charge in [-0.15, -0.1) is 11.8 Å². The Bertz CT molecular complexity index is 216. The van der Waals surface area contributed by atoms with Crippen LogP contribution in [0.25, 0.3) is 0 Å². The number of carbonyl (C=O) groups excluding carboxylic acids is 1. The first kappa shape index (κ1) is 10.3. The lowest BCUT2D eigenvalue weighted by Gasteiger charge is -2.18. The van der Waals surface area contributed by atoms with Crippen LogP contribution in [0.2, 0.25) is 0 Å². The fraction of sp³-hybridized carbons (Fsp3) is 0.500. The molecule has 0 fully saturated rings. The van der Waals surface area contributed by atoms with Crippen LogP contribution in [0, 0.1) is 0 Å². The highest BCUT2D eigenvalue weighted by Gasteiger charge is 2.37. The minimum absolute atomic E-state index is 0.0820. The van der Waals surface area contributed by atoms with E-state index in [1.807, 2.05) is 6.92 Å². The molecule has 1 unspecified atom stereocenters. The second kappa shape index (κ2) is 3.93. The van der Waals surface area contributed by atoms with Crippen LogP contribution >= 0.6 is 55.9 Å². The zero-order chi connectivity index (χ0) is 8.48. The Morgan fingerprint density at radius 3 is 2.64 bits per heavy atom. The molecule has 11 heavy (non-hydrogen) atoms. The summed E-state index contributed by atoms with van der Waals surface area (Å²) in [5.74, 6) is 0. The summed E-state index contributed by atoms with van der Waals surface area (Å²) >= 11 is 4.16. The Kier molecular flexibility index (Phi) is 3.67. The second-order valence-electron chi connectivity index (χ2n) is 2.01. The van der Waals surface area contributed by atoms with Crippen LogP contribution in [-0.4, -0.2) is 14.6 Å². The Morgan fingerprint density at radius 1 is 1.73 bits per heavy atom. The van der Waals surface area contributed by atoms with Crippen LogP contribution in [0.1, 0.15) is 6.92 Å². The standard InChI is InChI=1S/C6H7IOS3/c1-4-5(3-8)10-11-6(4,7)9-2/h3H,1-2H3. The zero-order valence-corrected chi connectivity index (χ0v) is 10.7. The van der Waals surface area contributed by atoms with E-state index in [4.69, 9.17) is 0 Å². The summed E-state index contributed by atoms with van der Waals surface area (Å²) in [6.07, 6.45) is 3.01. The summed E-state index contributed by atoms with van der Waals surface area (Å²) in [7, 11) is 3.33. The molecular formula is C6H7IOS3. The summed E-state index contributed by atoms with van der Waals surface area (Å²) in [5, 5.41) is 0. The Morgan fingerprint density at radius 2 is 2.36 bits per heavy atom. The first-order valence-electron chi connectivity index (χ1n) is 2.90. The van der Waals surface area contributed by atoms with Crippen LogP contribution in [-0.2, 0) is 4.79 Å². The van der Waals surface area contributed by atoms with Crippen molar-refractivity contribution in [2.75, 3.05) is 6.26 Å². The van der Waals surface area contributed by atoms with Crippen molar-refractivity contribution in [3.63, 3.8) is 0 Å². The fourth-order valence-corrected chi connectivity index (χ4v) is 5.89. The van der Waals surface area contributed by atoms with Gasteiger partial charge in [0.25, 0.3) is 0 Å². The highest BCUT2D eigenvalue weighted by atomic mass is 127. The van der Waals surface area contributed by atoms with Crippen molar-refractivity contribution < 1.29 is 4.79 Å². The monoisotopic (exact) mass is 318 g/mol. The smallest absolute Gasteiger partial charge is 0.157 e. The summed E-state index contributed by atoms with van der Waals surface area (Å²) < 4.78 is 0.0820. The molecule has 0 saturated carbocycles. The molecule has 1 rings (SSSR count). The molecule has 1 atom stereocenters. The molecule has 0 spiro atoms. The SMILES string of the molecule is CSC1(I)SSC(C=O)=C1C. The number of alkyl halides is 1. The van der Waals surface area contributed by atoms with Gasteiger partial charge in [0, 0.05) is 0 Å². The molecular weight excluding hydrogens is 311 g/mol. The van der Waals surface area contributed by atoms with Crippen LogP contribution in [0.5, 0.6) is 0 Å². The molecule has 0 aromatic rings. The van der Waals surface area contributed by atoms with Gasteiger partial charge in [0.05, 0.1) is 4.91 Å². The van der Waals surface area contributed by atoms with Crippen molar-refractivity contribution in [2.24, 2.45) is 0 Å². The molecule has 1 aliphatic heterocycles. The van der Waals surface area contributed by atoms with Crippen molar-refractivity contribution in [3.8, 4) is 0 Å². The maximum Gasteiger partial charge on any atom is 0.157 e. The number of halogens is 1. The molecule has 0 bridgehead atoms. The molecule has 0 aromatic heterocycles. The van der Waals surface area contributed by atoms with Gasteiger partial charge < -0.3 is 0 Å². The Labute approximate surface area is 92.1 Å². The van der Waals surface area contributed by atoms with Crippen molar-refractivity contribution in [3.05, 3.63) is 10.5 Å². The molecule has 0 amide bonds. The van der Waals surface area contributed by atoms with E-state index in [0.29, 0.717) is 0 Å². The molecule has 0 N–H and O–H groups in total. The van der Waals surface area contributed by atoms with E-state index in [1.165, 1.54) is 5.57 Å². The number of rotatable bonds is 2. The van der Waals surface area contributed by atoms with Crippen LogP contribution in [0.3, 0.4) is 0 Å². The van der Waals surface area contributed by atoms with Crippen molar-refractivity contribution >= 4 is 62.2 Å². The predicted octanol–water partition coefficient (Wildman–Crippen LogP) is 3.31. The fourth-order valence-electron chi connectivity index (χ4n) is 0.666. The Hall–Kier alpha value is 1.19. The highest BCUT2D eigenvalue weighted by Crippen LogP contribution is 2.61. The van der Waals surface area contributed by atoms with Gasteiger partial charge in [-0.3, -0.25) is 4.79 Å². The van der Waals surface area contributed by atoms with E-state index >= 15 is 0 Å². The van der Waals surface area contributed by atoms with E-state index in [-0.39, 0.29) is 2.09 Å². The molecule has 62 valence electrons. The van der Waals surface area contributed by atoms with E-state index in [2.05, 4.69) is 28.8 Å². The average molecular weight is 318 g/mol. The third-order valence-corrected chi connectivity index (χ3v) is 9.74. The van der Waals surface area contributed by atoms with Gasteiger partial charge >= 0.3 is 0 Å². The lowest BCUT2D eigenvalue weighted by molar-refractivity contribution is -0.104. The normalized spacial score (nSPS) is 31.2. The van der Waals surface area contributed by atoms with Crippen LogP contribution in [0.4, 0.5) is 0 Å². The maximum atomic E-state index is 10.5. The largest absolute Gasteiger partial charge is 0.297 e. The number of hydrogen-bond donors (Lipinski definition) is 0. The maximum absolute atomic E-state index is 10.5. The van der Waals surface area contributed by atoms with Gasteiger partial charge in [0.15, 0.2) is 6.29 Å². The summed E-state index contributed by atoms with van der Waals surface area (Å²) in [5.41, 5.74) is 1.19. The first-order valence-corrected chi connectivity index (χ1v) is 7.35. The lowest BCUT2D eigenvalue weighted by Crippen LogP contribution is -2.06. The molecule has 0 saturated heterocycles. The van der Waals surface area contributed by atoms with Gasteiger partial charge in [-0.1, -0.05) is 21.6 Å². The van der Waals surface area contributed by atoms with Gasteiger partial charge in [0.1, 0.15) is 2.09 Å². The summed E-state index contributed by atoms with van der Waals surface area (Å²) in [6.45, 7) is 2.03. The number of hydrogen-bond acceptors (Lipinski definition) is 4. The third kappa shape index (κ3) is 1.92. The van der Waals surface area contributed by atoms with Gasteiger partial charge in [0.2, 0.25) is 0 Å². The first-order chi connectivity index (χ1) is 5.14. The quantitative estimate of drug-likeness (QED) is 0.336. The lowest BCUT2D eigenvalue weighted by atomic mass is 10.3. The van der Waals surface area contributed by atoms with Crippen LogP contribution in [0.15, 0.2) is 10.5 Å². The molecule has 0 radical (unpaired) electrons. The topological polar surface area (TPSA) is 17.1 Å². The third-order valence-electron chi connectivity index (χ3n) is 1.43. The molecule has 0 aromatic carbocycles. The second-order valence-corrected chi connectivity index (χ2v) is 8.76. The number of carbonyl (C=O) groups is 1.